The second kappa shape index (κ2) is 14.1. The predicted molar refractivity (Wildman–Crippen MR) is 157 cm³/mol. The maximum Gasteiger partial charge on any atom is 0.331 e. The average Bonchev–Trinajstić information content (AvgIpc) is 3.75. The fourth-order valence-electron chi connectivity index (χ4n) is 6.96. The Kier molecular flexibility index (Phi) is 10.2. The normalized spacial score (nSPS) is 44.8. The Hall–Kier alpha value is -3.00. The summed E-state index contributed by atoms with van der Waals surface area (Å²) < 4.78 is 46.2. The summed E-state index contributed by atoms with van der Waals surface area (Å²) in [6.45, 7) is 1.57. The van der Waals surface area contributed by atoms with Gasteiger partial charge in [0.05, 0.1) is 37.6 Å². The van der Waals surface area contributed by atoms with Crippen LogP contribution < -0.4 is 0 Å². The van der Waals surface area contributed by atoms with Gasteiger partial charge in [-0.25, -0.2) is 4.79 Å². The van der Waals surface area contributed by atoms with E-state index in [0.717, 1.165) is 12.5 Å². The molecule has 0 spiro atoms. The van der Waals surface area contributed by atoms with Gasteiger partial charge in [-0.1, -0.05) is 30.3 Å². The number of carbonyl (C=O) groups is 2. The molecule has 6 rings (SSSR count). The lowest BCUT2D eigenvalue weighted by atomic mass is 9.85. The molecule has 0 unspecified atom stereocenters. The summed E-state index contributed by atoms with van der Waals surface area (Å²) in [6, 6.07) is 9.04. The molecule has 264 valence electrons. The topological polar surface area (TPSA) is 233 Å². The lowest BCUT2D eigenvalue weighted by molar-refractivity contribution is -0.347. The fourth-order valence-corrected chi connectivity index (χ4v) is 6.96. The van der Waals surface area contributed by atoms with Crippen LogP contribution in [0.1, 0.15) is 19.4 Å². The quantitative estimate of drug-likeness (QED) is 0.0900. The number of aliphatic hydroxyl groups is 6. The first-order valence-corrected chi connectivity index (χ1v) is 15.7. The lowest BCUT2D eigenvalue weighted by Crippen LogP contribution is -2.61. The zero-order chi connectivity index (χ0) is 34.3. The Morgan fingerprint density at radius 2 is 1.60 bits per heavy atom. The maximum atomic E-state index is 12.7. The van der Waals surface area contributed by atoms with Gasteiger partial charge in [-0.15, -0.1) is 0 Å². The van der Waals surface area contributed by atoms with Gasteiger partial charge in [0.15, 0.2) is 24.8 Å². The van der Waals surface area contributed by atoms with E-state index in [4.69, 9.17) is 37.9 Å². The van der Waals surface area contributed by atoms with Crippen molar-refractivity contribution in [3.05, 3.63) is 54.3 Å². The number of rotatable bonds is 10. The van der Waals surface area contributed by atoms with Gasteiger partial charge >= 0.3 is 11.9 Å². The summed E-state index contributed by atoms with van der Waals surface area (Å²) in [7, 11) is 0. The highest BCUT2D eigenvalue weighted by Crippen LogP contribution is 2.61. The Balaban J connectivity index is 1.16. The molecule has 4 aliphatic heterocycles. The van der Waals surface area contributed by atoms with Crippen molar-refractivity contribution in [1.29, 1.82) is 0 Å². The Morgan fingerprint density at radius 1 is 0.875 bits per heavy atom. The molecule has 48 heavy (non-hydrogen) atoms. The van der Waals surface area contributed by atoms with Gasteiger partial charge in [0.1, 0.15) is 42.2 Å². The Bertz CT molecular complexity index is 1350. The summed E-state index contributed by atoms with van der Waals surface area (Å²) in [6.07, 6.45) is -11.3. The highest BCUT2D eigenvalue weighted by atomic mass is 16.8. The molecule has 1 aliphatic carbocycles. The van der Waals surface area contributed by atoms with Gasteiger partial charge in [0, 0.05) is 18.9 Å². The molecule has 4 fully saturated rings. The number of hydrogen-bond acceptors (Lipinski definition) is 16. The largest absolute Gasteiger partial charge is 0.472 e. The van der Waals surface area contributed by atoms with Gasteiger partial charge < -0.3 is 68.5 Å². The van der Waals surface area contributed by atoms with Gasteiger partial charge in [-0.3, -0.25) is 4.79 Å². The highest BCUT2D eigenvalue weighted by Gasteiger charge is 2.77. The van der Waals surface area contributed by atoms with E-state index in [1.807, 2.05) is 18.2 Å². The highest BCUT2D eigenvalue weighted by molar-refractivity contribution is 5.87. The number of ether oxygens (including phenoxy) is 8. The van der Waals surface area contributed by atoms with Crippen molar-refractivity contribution in [3.63, 3.8) is 0 Å². The van der Waals surface area contributed by atoms with Gasteiger partial charge in [0.2, 0.25) is 6.29 Å². The van der Waals surface area contributed by atoms with Crippen LogP contribution in [0.15, 0.2) is 48.7 Å². The molecule has 0 aromatic heterocycles. The molecule has 4 heterocycles. The minimum Gasteiger partial charge on any atom is -0.472 e. The predicted octanol–water partition coefficient (Wildman–Crippen LogP) is -1.90. The van der Waals surface area contributed by atoms with Crippen LogP contribution in [0.4, 0.5) is 0 Å². The lowest BCUT2D eigenvalue weighted by Gasteiger charge is -2.44. The Labute approximate surface area is 275 Å². The van der Waals surface area contributed by atoms with Crippen molar-refractivity contribution < 1.29 is 78.1 Å². The van der Waals surface area contributed by atoms with E-state index in [2.05, 4.69) is 0 Å². The molecule has 16 nitrogen and oxygen atoms in total. The minimum atomic E-state index is -1.70. The number of aliphatic hydroxyl groups excluding tert-OH is 6. The molecule has 16 heteroatoms. The van der Waals surface area contributed by atoms with E-state index in [9.17, 15) is 40.2 Å². The van der Waals surface area contributed by atoms with Crippen molar-refractivity contribution in [2.75, 3.05) is 13.2 Å². The third-order valence-corrected chi connectivity index (χ3v) is 9.41. The van der Waals surface area contributed by atoms with Crippen LogP contribution in [0.5, 0.6) is 0 Å². The zero-order valence-electron chi connectivity index (χ0n) is 26.0. The number of epoxide rings is 1. The molecule has 16 atom stereocenters. The molecule has 0 bridgehead atoms. The van der Waals surface area contributed by atoms with E-state index in [0.29, 0.717) is 0 Å². The molecule has 3 saturated heterocycles. The van der Waals surface area contributed by atoms with E-state index in [1.54, 1.807) is 31.2 Å². The van der Waals surface area contributed by atoms with Gasteiger partial charge in [-0.2, -0.15) is 0 Å². The van der Waals surface area contributed by atoms with E-state index >= 15 is 0 Å². The number of esters is 2. The van der Waals surface area contributed by atoms with Crippen LogP contribution in [0.25, 0.3) is 6.08 Å². The molecule has 0 amide bonds. The van der Waals surface area contributed by atoms with Crippen molar-refractivity contribution >= 4 is 18.0 Å². The summed E-state index contributed by atoms with van der Waals surface area (Å²) in [5.41, 5.74) is -0.478. The van der Waals surface area contributed by atoms with Crippen LogP contribution in [-0.2, 0) is 47.5 Å². The minimum absolute atomic E-state index is 0.487. The maximum absolute atomic E-state index is 12.7. The molecular formula is C32H40O16. The van der Waals surface area contributed by atoms with Gasteiger partial charge in [-0.05, 0) is 24.6 Å². The summed E-state index contributed by atoms with van der Waals surface area (Å²) in [5.74, 6) is -2.82. The van der Waals surface area contributed by atoms with Crippen LogP contribution in [0, 0.1) is 11.8 Å². The number of fused-ring (bicyclic) bond motifs is 3. The molecule has 1 aromatic rings. The summed E-state index contributed by atoms with van der Waals surface area (Å²) >= 11 is 0. The number of benzene rings is 1. The van der Waals surface area contributed by atoms with E-state index < -0.39 is 122 Å². The molecule has 5 aliphatic rings. The van der Waals surface area contributed by atoms with Gasteiger partial charge in [0.25, 0.3) is 0 Å². The van der Waals surface area contributed by atoms with E-state index in [1.165, 1.54) is 12.3 Å². The van der Waals surface area contributed by atoms with Crippen LogP contribution in [0.3, 0.4) is 0 Å². The first kappa shape index (κ1) is 34.8. The third-order valence-electron chi connectivity index (χ3n) is 9.41. The zero-order valence-corrected chi connectivity index (χ0v) is 26.0. The summed E-state index contributed by atoms with van der Waals surface area (Å²) in [4.78, 5) is 24.8. The molecule has 0 radical (unpaired) electrons. The molecule has 1 saturated carbocycles. The smallest absolute Gasteiger partial charge is 0.331 e. The SMILES string of the molecule is CC(=O)O[C@H]1[C@@H](O)[C@H](O[C@H]2[C@@H]3C=CO[C@@H](O[C@@H]4O[C@H](CO)[C@@H](O)[C@H](O)[C@H]4O)[C@@H]3[C@@]3(CO)O[C@@H]23)O[C@@H](C)[C@@H]1OC(=O)/C=C/c1ccccc1. The number of carbonyl (C=O) groups excluding carboxylic acids is 2. The monoisotopic (exact) mass is 680 g/mol. The molecule has 1 aromatic carbocycles. The van der Waals surface area contributed by atoms with Crippen LogP contribution >= 0.6 is 0 Å². The molecular weight excluding hydrogens is 640 g/mol. The number of hydrogen-bond donors (Lipinski definition) is 6. The first-order valence-electron chi connectivity index (χ1n) is 15.7. The fraction of sp³-hybridized carbons (Fsp3) is 0.625. The molecule has 6 N–H and O–H groups in total. The van der Waals surface area contributed by atoms with Crippen molar-refractivity contribution in [1.82, 2.24) is 0 Å². The van der Waals surface area contributed by atoms with Crippen molar-refractivity contribution in [2.45, 2.75) is 99.4 Å². The van der Waals surface area contributed by atoms with Crippen LogP contribution in [-0.4, -0.2) is 141 Å². The summed E-state index contributed by atoms with van der Waals surface area (Å²) in [5, 5.41) is 62.2. The first-order chi connectivity index (χ1) is 23.0. The second-order valence-corrected chi connectivity index (χ2v) is 12.4. The second-order valence-electron chi connectivity index (χ2n) is 12.4. The van der Waals surface area contributed by atoms with E-state index in [-0.39, 0.29) is 0 Å². The van der Waals surface area contributed by atoms with Crippen molar-refractivity contribution in [3.8, 4) is 0 Å². The van der Waals surface area contributed by atoms with Crippen LogP contribution in [0.2, 0.25) is 0 Å². The standard InChI is InChI=1S/C32H40O16/c1-14-25(45-19(36)9-8-16-6-4-3-5-7-16)27(43-15(2)35)24(40)31(42-14)46-26-17-10-11-41-29(20(17)32(13-34)28(26)48-32)47-30-23(39)22(38)21(37)18(12-33)44-30/h3-11,14,17-18,20-31,33-34,37-40H,12-13H2,1-2H3/b9-8+/t14-,17+,18+,20+,21+,22-,23+,24+,25-,26-,27-,28-,29-,30-,31-,32+/m0/s1. The Morgan fingerprint density at radius 3 is 2.29 bits per heavy atom. The third kappa shape index (κ3) is 6.50. The van der Waals surface area contributed by atoms with Crippen molar-refractivity contribution in [2.24, 2.45) is 11.8 Å². The average molecular weight is 681 g/mol.